The van der Waals surface area contributed by atoms with Gasteiger partial charge in [0.1, 0.15) is 0 Å². The van der Waals surface area contributed by atoms with E-state index >= 15 is 0 Å². The lowest BCUT2D eigenvalue weighted by molar-refractivity contribution is -0.137. The van der Waals surface area contributed by atoms with E-state index in [0.29, 0.717) is 24.5 Å². The third-order valence-corrected chi connectivity index (χ3v) is 9.38. The Labute approximate surface area is 201 Å². The van der Waals surface area contributed by atoms with Crippen LogP contribution in [-0.2, 0) is 38.9 Å². The monoisotopic (exact) mass is 481 g/mol. The number of aryl methyl sites for hydroxylation is 2. The first kappa shape index (κ1) is 23.1. The number of amides is 2. The van der Waals surface area contributed by atoms with Crippen molar-refractivity contribution in [3.63, 3.8) is 0 Å². The molecule has 2 heterocycles. The van der Waals surface area contributed by atoms with Gasteiger partial charge in [0.05, 0.1) is 17.4 Å². The van der Waals surface area contributed by atoms with Gasteiger partial charge in [0.2, 0.25) is 21.8 Å². The molecule has 5 rings (SSSR count). The van der Waals surface area contributed by atoms with Crippen LogP contribution in [-0.4, -0.2) is 67.1 Å². The molecule has 2 amide bonds. The fourth-order valence-electron chi connectivity index (χ4n) is 5.58. The molecular formula is C26H31N3O4S. The molecule has 34 heavy (non-hydrogen) atoms. The van der Waals surface area contributed by atoms with Gasteiger partial charge in [-0.3, -0.25) is 9.59 Å². The summed E-state index contributed by atoms with van der Waals surface area (Å²) in [5.74, 6) is -0.0694. The van der Waals surface area contributed by atoms with Crippen molar-refractivity contribution in [1.82, 2.24) is 14.1 Å². The highest BCUT2D eigenvalue weighted by Gasteiger charge is 2.35. The molecule has 3 aliphatic rings. The van der Waals surface area contributed by atoms with Crippen molar-refractivity contribution in [3.8, 4) is 0 Å². The number of piperazine rings is 1. The largest absolute Gasteiger partial charge is 0.340 e. The van der Waals surface area contributed by atoms with Crippen molar-refractivity contribution in [3.05, 3.63) is 64.7 Å². The Morgan fingerprint density at radius 3 is 2.38 bits per heavy atom. The second-order valence-electron chi connectivity index (χ2n) is 9.45. The summed E-state index contributed by atoms with van der Waals surface area (Å²) in [5.41, 5.74) is 4.61. The maximum atomic E-state index is 13.2. The summed E-state index contributed by atoms with van der Waals surface area (Å²) in [6.07, 6.45) is 4.03. The highest BCUT2D eigenvalue weighted by atomic mass is 32.2. The molecule has 0 radical (unpaired) electrons. The van der Waals surface area contributed by atoms with E-state index < -0.39 is 10.0 Å². The molecule has 0 saturated carbocycles. The Morgan fingerprint density at radius 1 is 0.882 bits per heavy atom. The van der Waals surface area contributed by atoms with E-state index in [1.54, 1.807) is 22.8 Å². The lowest BCUT2D eigenvalue weighted by Crippen LogP contribution is -2.51. The van der Waals surface area contributed by atoms with Crippen LogP contribution in [0.15, 0.2) is 47.4 Å². The Morgan fingerprint density at radius 2 is 1.62 bits per heavy atom. The molecule has 2 aliphatic heterocycles. The van der Waals surface area contributed by atoms with Crippen LogP contribution in [0.25, 0.3) is 0 Å². The summed E-state index contributed by atoms with van der Waals surface area (Å²) in [6, 6.07) is 13.2. The van der Waals surface area contributed by atoms with E-state index in [-0.39, 0.29) is 37.4 Å². The van der Waals surface area contributed by atoms with Gasteiger partial charge < -0.3 is 9.80 Å². The van der Waals surface area contributed by atoms with Gasteiger partial charge in [0.15, 0.2) is 0 Å². The molecule has 180 valence electrons. The predicted octanol–water partition coefficient (Wildman–Crippen LogP) is 2.54. The third kappa shape index (κ3) is 4.25. The second kappa shape index (κ2) is 9.15. The maximum Gasteiger partial charge on any atom is 0.243 e. The topological polar surface area (TPSA) is 78.0 Å². The molecule has 1 aliphatic carbocycles. The van der Waals surface area contributed by atoms with E-state index in [1.165, 1.54) is 15.4 Å². The van der Waals surface area contributed by atoms with Crippen molar-refractivity contribution in [1.29, 1.82) is 0 Å². The van der Waals surface area contributed by atoms with Crippen LogP contribution >= 0.6 is 0 Å². The Bertz CT molecular complexity index is 1220. The third-order valence-electron chi connectivity index (χ3n) is 7.48. The normalized spacial score (nSPS) is 20.7. The minimum absolute atomic E-state index is 0.0300. The molecule has 0 aromatic heterocycles. The molecule has 8 heteroatoms. The quantitative estimate of drug-likeness (QED) is 0.673. The van der Waals surface area contributed by atoms with E-state index in [2.05, 4.69) is 6.07 Å². The predicted molar refractivity (Wildman–Crippen MR) is 129 cm³/mol. The molecule has 2 aromatic rings. The minimum atomic E-state index is -3.58. The number of carbonyl (C=O) groups is 2. The van der Waals surface area contributed by atoms with Gasteiger partial charge in [-0.2, -0.15) is 4.31 Å². The van der Waals surface area contributed by atoms with Crippen molar-refractivity contribution in [2.75, 3.05) is 32.7 Å². The molecule has 1 atom stereocenters. The van der Waals surface area contributed by atoms with Crippen molar-refractivity contribution in [2.24, 2.45) is 0 Å². The van der Waals surface area contributed by atoms with Gasteiger partial charge in [-0.25, -0.2) is 8.42 Å². The number of rotatable bonds is 4. The SMILES string of the molecule is CC(=O)N1CCc2ccccc2C1CC(=O)N1CCN(S(=O)(=O)c2ccc3c(c2)CCC3)CC1. The smallest absolute Gasteiger partial charge is 0.243 e. The zero-order chi connectivity index (χ0) is 23.9. The van der Waals surface area contributed by atoms with E-state index in [0.717, 1.165) is 36.8 Å². The lowest BCUT2D eigenvalue weighted by atomic mass is 9.90. The number of carbonyl (C=O) groups excluding carboxylic acids is 2. The molecular weight excluding hydrogens is 450 g/mol. The number of hydrogen-bond acceptors (Lipinski definition) is 4. The Balaban J connectivity index is 1.26. The number of sulfonamides is 1. The van der Waals surface area contributed by atoms with E-state index in [9.17, 15) is 18.0 Å². The zero-order valence-electron chi connectivity index (χ0n) is 19.6. The van der Waals surface area contributed by atoms with Crippen LogP contribution in [0, 0.1) is 0 Å². The lowest BCUT2D eigenvalue weighted by Gasteiger charge is -2.39. The van der Waals surface area contributed by atoms with E-state index in [4.69, 9.17) is 0 Å². The molecule has 1 unspecified atom stereocenters. The van der Waals surface area contributed by atoms with Crippen LogP contribution in [0.2, 0.25) is 0 Å². The Hall–Kier alpha value is -2.71. The van der Waals surface area contributed by atoms with Crippen LogP contribution in [0.3, 0.4) is 0 Å². The first-order chi connectivity index (χ1) is 16.3. The molecule has 0 N–H and O–H groups in total. The number of benzene rings is 2. The van der Waals surface area contributed by atoms with Crippen molar-refractivity contribution < 1.29 is 18.0 Å². The van der Waals surface area contributed by atoms with Gasteiger partial charge in [-0.15, -0.1) is 0 Å². The van der Waals surface area contributed by atoms with Gasteiger partial charge in [0.25, 0.3) is 0 Å². The van der Waals surface area contributed by atoms with Gasteiger partial charge >= 0.3 is 0 Å². The molecule has 7 nitrogen and oxygen atoms in total. The molecule has 0 bridgehead atoms. The number of fused-ring (bicyclic) bond motifs is 2. The molecule has 1 fully saturated rings. The van der Waals surface area contributed by atoms with Crippen LogP contribution in [0.5, 0.6) is 0 Å². The van der Waals surface area contributed by atoms with Crippen LogP contribution in [0.1, 0.15) is 48.1 Å². The summed E-state index contributed by atoms with van der Waals surface area (Å²) in [5, 5.41) is 0. The Kier molecular flexibility index (Phi) is 6.20. The maximum absolute atomic E-state index is 13.2. The van der Waals surface area contributed by atoms with Gasteiger partial charge in [-0.1, -0.05) is 30.3 Å². The van der Waals surface area contributed by atoms with Crippen molar-refractivity contribution in [2.45, 2.75) is 50.0 Å². The van der Waals surface area contributed by atoms with Crippen LogP contribution in [0.4, 0.5) is 0 Å². The van der Waals surface area contributed by atoms with Gasteiger partial charge in [0, 0.05) is 39.6 Å². The standard InChI is InChI=1S/C26H31N3O4S/c1-19(30)29-12-11-21-5-2-3-8-24(21)25(29)18-26(31)27-13-15-28(16-14-27)34(32,33)23-10-9-20-6-4-7-22(20)17-23/h2-3,5,8-10,17,25H,4,6-7,11-16,18H2,1H3. The second-order valence-corrected chi connectivity index (χ2v) is 11.4. The average molecular weight is 482 g/mol. The summed E-state index contributed by atoms with van der Waals surface area (Å²) >= 11 is 0. The van der Waals surface area contributed by atoms with Crippen LogP contribution < -0.4 is 0 Å². The molecule has 0 spiro atoms. The fraction of sp³-hybridized carbons (Fsp3) is 0.462. The zero-order valence-corrected chi connectivity index (χ0v) is 20.4. The average Bonchev–Trinajstić information content (AvgIpc) is 3.32. The molecule has 1 saturated heterocycles. The summed E-state index contributed by atoms with van der Waals surface area (Å²) in [6.45, 7) is 3.44. The fourth-order valence-corrected chi connectivity index (χ4v) is 7.05. The molecule has 2 aromatic carbocycles. The first-order valence-corrected chi connectivity index (χ1v) is 13.5. The van der Waals surface area contributed by atoms with Crippen molar-refractivity contribution >= 4 is 21.8 Å². The van der Waals surface area contributed by atoms with Gasteiger partial charge in [-0.05, 0) is 60.1 Å². The van der Waals surface area contributed by atoms with E-state index in [1.807, 2.05) is 30.3 Å². The highest BCUT2D eigenvalue weighted by Crippen LogP contribution is 2.33. The number of hydrogen-bond donors (Lipinski definition) is 0. The number of nitrogens with zero attached hydrogens (tertiary/aromatic N) is 3. The minimum Gasteiger partial charge on any atom is -0.340 e. The highest BCUT2D eigenvalue weighted by molar-refractivity contribution is 7.89. The summed E-state index contributed by atoms with van der Waals surface area (Å²) in [7, 11) is -3.58. The summed E-state index contributed by atoms with van der Waals surface area (Å²) in [4.78, 5) is 29.4. The first-order valence-electron chi connectivity index (χ1n) is 12.1. The summed E-state index contributed by atoms with van der Waals surface area (Å²) < 4.78 is 27.9.